The molecule has 2 rings (SSSR count). The van der Waals surface area contributed by atoms with Crippen molar-refractivity contribution < 1.29 is 23.1 Å². The van der Waals surface area contributed by atoms with E-state index in [1.807, 2.05) is 0 Å². The number of halogens is 2. The van der Waals surface area contributed by atoms with Gasteiger partial charge in [0.15, 0.2) is 11.6 Å². The number of amides is 1. The van der Waals surface area contributed by atoms with Crippen LogP contribution in [0.5, 0.6) is 0 Å². The zero-order chi connectivity index (χ0) is 17.0. The van der Waals surface area contributed by atoms with Crippen molar-refractivity contribution >= 4 is 11.9 Å². The molecule has 23 heavy (non-hydrogen) atoms. The van der Waals surface area contributed by atoms with Crippen molar-refractivity contribution in [3.8, 4) is 0 Å². The highest BCUT2D eigenvalue weighted by Gasteiger charge is 2.39. The molecule has 0 radical (unpaired) electrons. The van der Waals surface area contributed by atoms with E-state index < -0.39 is 29.7 Å². The standard InChI is InChI=1S/C17H19F2NO3/c1-3-5-16(21)20-14(6-4-7-15(20)17(22)23-2)11-8-9-12(18)13(19)10-11/h3,8-10,14-15H,1,4-7H2,2H3. The van der Waals surface area contributed by atoms with Crippen molar-refractivity contribution in [1.29, 1.82) is 0 Å². The van der Waals surface area contributed by atoms with Gasteiger partial charge in [-0.2, -0.15) is 0 Å². The van der Waals surface area contributed by atoms with Gasteiger partial charge in [-0.3, -0.25) is 4.79 Å². The van der Waals surface area contributed by atoms with Gasteiger partial charge < -0.3 is 9.64 Å². The lowest BCUT2D eigenvalue weighted by Crippen LogP contribution is -2.49. The van der Waals surface area contributed by atoms with E-state index in [1.54, 1.807) is 0 Å². The van der Waals surface area contributed by atoms with Crippen LogP contribution in [0.4, 0.5) is 8.78 Å². The predicted molar refractivity (Wildman–Crippen MR) is 80.4 cm³/mol. The van der Waals surface area contributed by atoms with Gasteiger partial charge in [0.05, 0.1) is 13.2 Å². The lowest BCUT2D eigenvalue weighted by atomic mass is 9.90. The molecule has 1 aromatic carbocycles. The van der Waals surface area contributed by atoms with Crippen LogP contribution >= 0.6 is 0 Å². The first-order valence-corrected chi connectivity index (χ1v) is 7.44. The molecule has 0 saturated carbocycles. The molecule has 6 heteroatoms. The first-order chi connectivity index (χ1) is 11.0. The fourth-order valence-electron chi connectivity index (χ4n) is 2.99. The van der Waals surface area contributed by atoms with Gasteiger partial charge in [0.2, 0.25) is 5.91 Å². The van der Waals surface area contributed by atoms with E-state index >= 15 is 0 Å². The minimum absolute atomic E-state index is 0.0632. The van der Waals surface area contributed by atoms with Crippen LogP contribution in [0, 0.1) is 11.6 Å². The summed E-state index contributed by atoms with van der Waals surface area (Å²) in [6, 6.07) is 2.34. The van der Waals surface area contributed by atoms with Gasteiger partial charge in [0.1, 0.15) is 6.04 Å². The van der Waals surface area contributed by atoms with Gasteiger partial charge in [0.25, 0.3) is 0 Å². The molecule has 0 spiro atoms. The van der Waals surface area contributed by atoms with Gasteiger partial charge in [0, 0.05) is 6.42 Å². The van der Waals surface area contributed by atoms with Crippen molar-refractivity contribution in [1.82, 2.24) is 4.90 Å². The molecule has 1 aromatic rings. The summed E-state index contributed by atoms with van der Waals surface area (Å²) in [7, 11) is 1.26. The highest BCUT2D eigenvalue weighted by Crippen LogP contribution is 2.36. The Hall–Kier alpha value is -2.24. The number of carbonyl (C=O) groups excluding carboxylic acids is 2. The number of hydrogen-bond donors (Lipinski definition) is 0. The number of likely N-dealkylation sites (tertiary alicyclic amines) is 1. The number of hydrogen-bond acceptors (Lipinski definition) is 3. The van der Waals surface area contributed by atoms with Crippen molar-refractivity contribution in [2.75, 3.05) is 7.11 Å². The summed E-state index contributed by atoms with van der Waals surface area (Å²) in [4.78, 5) is 25.9. The van der Waals surface area contributed by atoms with E-state index in [9.17, 15) is 18.4 Å². The molecular weight excluding hydrogens is 304 g/mol. The van der Waals surface area contributed by atoms with Crippen LogP contribution < -0.4 is 0 Å². The van der Waals surface area contributed by atoms with E-state index in [-0.39, 0.29) is 12.3 Å². The van der Waals surface area contributed by atoms with Gasteiger partial charge in [-0.1, -0.05) is 12.1 Å². The van der Waals surface area contributed by atoms with Crippen LogP contribution in [0.1, 0.15) is 37.3 Å². The second kappa shape index (κ2) is 7.35. The third kappa shape index (κ3) is 3.57. The summed E-state index contributed by atoms with van der Waals surface area (Å²) in [6.45, 7) is 3.54. The molecule has 2 unspecified atom stereocenters. The van der Waals surface area contributed by atoms with Crippen LogP contribution in [0.15, 0.2) is 30.9 Å². The largest absolute Gasteiger partial charge is 0.467 e. The highest BCUT2D eigenvalue weighted by molar-refractivity contribution is 5.85. The number of piperidine rings is 1. The number of benzene rings is 1. The quantitative estimate of drug-likeness (QED) is 0.632. The maximum absolute atomic E-state index is 13.5. The first kappa shape index (κ1) is 17.1. The number of methoxy groups -OCH3 is 1. The molecule has 1 aliphatic heterocycles. The van der Waals surface area contributed by atoms with E-state index in [2.05, 4.69) is 6.58 Å². The summed E-state index contributed by atoms with van der Waals surface area (Å²) in [5, 5.41) is 0. The Bertz CT molecular complexity index is 618. The van der Waals surface area contributed by atoms with Crippen LogP contribution in [0.25, 0.3) is 0 Å². The molecule has 0 bridgehead atoms. The third-order valence-corrected chi connectivity index (χ3v) is 4.04. The molecule has 0 aromatic heterocycles. The minimum atomic E-state index is -0.973. The molecule has 1 heterocycles. The lowest BCUT2D eigenvalue weighted by molar-refractivity contribution is -0.157. The summed E-state index contributed by atoms with van der Waals surface area (Å²) in [5.74, 6) is -2.71. The van der Waals surface area contributed by atoms with Gasteiger partial charge in [-0.05, 0) is 37.0 Å². The van der Waals surface area contributed by atoms with E-state index in [0.29, 0.717) is 24.8 Å². The van der Waals surface area contributed by atoms with Crippen LogP contribution in [0.2, 0.25) is 0 Å². The molecule has 2 atom stereocenters. The summed E-state index contributed by atoms with van der Waals surface area (Å²) in [6.07, 6.45) is 3.25. The Morgan fingerprint density at radius 1 is 1.35 bits per heavy atom. The molecule has 1 saturated heterocycles. The first-order valence-electron chi connectivity index (χ1n) is 7.44. The Balaban J connectivity index is 2.40. The number of carbonyl (C=O) groups is 2. The SMILES string of the molecule is C=CCC(=O)N1C(C(=O)OC)CCCC1c1ccc(F)c(F)c1. The number of nitrogens with zero attached hydrogens (tertiary/aromatic N) is 1. The second-order valence-corrected chi connectivity index (χ2v) is 5.45. The number of esters is 1. The molecule has 4 nitrogen and oxygen atoms in total. The highest BCUT2D eigenvalue weighted by atomic mass is 19.2. The molecule has 0 N–H and O–H groups in total. The van der Waals surface area contributed by atoms with Gasteiger partial charge in [-0.25, -0.2) is 13.6 Å². The van der Waals surface area contributed by atoms with Crippen molar-refractivity contribution in [2.45, 2.75) is 37.8 Å². The van der Waals surface area contributed by atoms with Crippen LogP contribution in [-0.4, -0.2) is 29.9 Å². The molecular formula is C17H19F2NO3. The molecule has 1 aliphatic rings. The van der Waals surface area contributed by atoms with Crippen molar-refractivity contribution in [3.63, 3.8) is 0 Å². The zero-order valence-electron chi connectivity index (χ0n) is 12.9. The Kier molecular flexibility index (Phi) is 5.47. The normalized spacial score (nSPS) is 20.9. The average Bonchev–Trinajstić information content (AvgIpc) is 2.56. The minimum Gasteiger partial charge on any atom is -0.467 e. The van der Waals surface area contributed by atoms with Gasteiger partial charge >= 0.3 is 5.97 Å². The third-order valence-electron chi connectivity index (χ3n) is 4.04. The number of rotatable bonds is 4. The van der Waals surface area contributed by atoms with Gasteiger partial charge in [-0.15, -0.1) is 6.58 Å². The molecule has 1 amide bonds. The number of ether oxygens (including phenoxy) is 1. The lowest BCUT2D eigenvalue weighted by Gasteiger charge is -2.41. The van der Waals surface area contributed by atoms with E-state index in [0.717, 1.165) is 12.1 Å². The molecule has 124 valence electrons. The summed E-state index contributed by atoms with van der Waals surface area (Å²) in [5.41, 5.74) is 0.468. The summed E-state index contributed by atoms with van der Waals surface area (Å²) >= 11 is 0. The monoisotopic (exact) mass is 323 g/mol. The topological polar surface area (TPSA) is 46.6 Å². The fraction of sp³-hybridized carbons (Fsp3) is 0.412. The van der Waals surface area contributed by atoms with Crippen molar-refractivity contribution in [3.05, 3.63) is 48.1 Å². The van der Waals surface area contributed by atoms with Crippen LogP contribution in [0.3, 0.4) is 0 Å². The summed E-state index contributed by atoms with van der Waals surface area (Å²) < 4.78 is 31.5. The molecule has 0 aliphatic carbocycles. The van der Waals surface area contributed by atoms with E-state index in [4.69, 9.17) is 4.74 Å². The smallest absolute Gasteiger partial charge is 0.328 e. The zero-order valence-corrected chi connectivity index (χ0v) is 12.9. The fourth-order valence-corrected chi connectivity index (χ4v) is 2.99. The Morgan fingerprint density at radius 3 is 2.70 bits per heavy atom. The maximum atomic E-state index is 13.5. The molecule has 1 fully saturated rings. The maximum Gasteiger partial charge on any atom is 0.328 e. The predicted octanol–water partition coefficient (Wildman–Crippen LogP) is 3.14. The van der Waals surface area contributed by atoms with E-state index in [1.165, 1.54) is 24.2 Å². The Morgan fingerprint density at radius 2 is 2.09 bits per heavy atom. The average molecular weight is 323 g/mol. The van der Waals surface area contributed by atoms with Crippen LogP contribution in [-0.2, 0) is 14.3 Å². The second-order valence-electron chi connectivity index (χ2n) is 5.45. The van der Waals surface area contributed by atoms with Crippen molar-refractivity contribution in [2.24, 2.45) is 0 Å². The Labute approximate surface area is 133 Å².